The summed E-state index contributed by atoms with van der Waals surface area (Å²) in [6, 6.07) is 10.8. The van der Waals surface area contributed by atoms with Gasteiger partial charge in [0.05, 0.1) is 6.54 Å². The molecule has 5 nitrogen and oxygen atoms in total. The fourth-order valence-electron chi connectivity index (χ4n) is 4.70. The molecular weight excluding hydrogens is 372 g/mol. The number of allylic oxidation sites excluding steroid dienone is 1. The number of aromatic nitrogens is 2. The molecule has 1 atom stereocenters. The van der Waals surface area contributed by atoms with Crippen LogP contribution in [0.4, 0.5) is 0 Å². The number of carbonyl (C=O) groups is 1. The minimum atomic E-state index is 0.00562. The van der Waals surface area contributed by atoms with Crippen LogP contribution in [0.3, 0.4) is 0 Å². The highest BCUT2D eigenvalue weighted by molar-refractivity contribution is 5.93. The van der Waals surface area contributed by atoms with Crippen molar-refractivity contribution in [1.29, 1.82) is 0 Å². The van der Waals surface area contributed by atoms with Gasteiger partial charge in [-0.25, -0.2) is 0 Å². The van der Waals surface area contributed by atoms with E-state index in [0.717, 1.165) is 44.3 Å². The first-order valence-corrected chi connectivity index (χ1v) is 11.4. The van der Waals surface area contributed by atoms with Crippen LogP contribution in [0.5, 0.6) is 0 Å². The third-order valence-corrected chi connectivity index (χ3v) is 6.39. The molecule has 2 aliphatic rings. The molecule has 5 heteroatoms. The lowest BCUT2D eigenvalue weighted by molar-refractivity contribution is 0.0820. The maximum Gasteiger partial charge on any atom is 0.274 e. The summed E-state index contributed by atoms with van der Waals surface area (Å²) in [7, 11) is 3.61. The Morgan fingerprint density at radius 2 is 2.03 bits per heavy atom. The number of carbonyl (C=O) groups excluding carboxylic acids is 1. The van der Waals surface area contributed by atoms with Crippen molar-refractivity contribution in [1.82, 2.24) is 20.0 Å². The van der Waals surface area contributed by atoms with Gasteiger partial charge < -0.3 is 10.2 Å². The van der Waals surface area contributed by atoms with E-state index in [9.17, 15) is 4.79 Å². The molecule has 0 spiro atoms. The highest BCUT2D eigenvalue weighted by Gasteiger charge is 2.29. The Morgan fingerprint density at radius 3 is 2.77 bits per heavy atom. The molecule has 1 N–H and O–H groups in total. The molecule has 4 rings (SSSR count). The van der Waals surface area contributed by atoms with Crippen LogP contribution in [-0.4, -0.2) is 47.3 Å². The Morgan fingerprint density at radius 1 is 1.20 bits per heavy atom. The van der Waals surface area contributed by atoms with E-state index in [4.69, 9.17) is 5.10 Å². The van der Waals surface area contributed by atoms with E-state index in [0.29, 0.717) is 11.7 Å². The van der Waals surface area contributed by atoms with E-state index in [1.54, 1.807) is 24.6 Å². The second-order valence-electron chi connectivity index (χ2n) is 8.87. The van der Waals surface area contributed by atoms with Crippen molar-refractivity contribution in [3.8, 4) is 0 Å². The van der Waals surface area contributed by atoms with E-state index in [1.807, 2.05) is 6.07 Å². The van der Waals surface area contributed by atoms with Crippen LogP contribution in [0, 0.1) is 0 Å². The Kier molecular flexibility index (Phi) is 6.68. The van der Waals surface area contributed by atoms with Crippen molar-refractivity contribution >= 4 is 5.91 Å². The van der Waals surface area contributed by atoms with Gasteiger partial charge >= 0.3 is 0 Å². The lowest BCUT2D eigenvalue weighted by atomic mass is 9.90. The number of nitrogens with zero attached hydrogens (tertiary/aromatic N) is 3. The summed E-state index contributed by atoms with van der Waals surface area (Å²) >= 11 is 0. The van der Waals surface area contributed by atoms with Gasteiger partial charge in [-0.3, -0.25) is 9.48 Å². The molecule has 30 heavy (non-hydrogen) atoms. The van der Waals surface area contributed by atoms with E-state index < -0.39 is 0 Å². The van der Waals surface area contributed by atoms with Crippen molar-refractivity contribution in [3.63, 3.8) is 0 Å². The first-order chi connectivity index (χ1) is 14.6. The van der Waals surface area contributed by atoms with Crippen molar-refractivity contribution in [2.75, 3.05) is 20.6 Å². The van der Waals surface area contributed by atoms with E-state index in [1.165, 1.54) is 36.9 Å². The minimum absolute atomic E-state index is 0.00562. The van der Waals surface area contributed by atoms with E-state index >= 15 is 0 Å². The summed E-state index contributed by atoms with van der Waals surface area (Å²) in [6.07, 6.45) is 11.7. The van der Waals surface area contributed by atoms with Gasteiger partial charge in [-0.15, -0.1) is 0 Å². The van der Waals surface area contributed by atoms with Crippen molar-refractivity contribution in [2.45, 2.75) is 64.0 Å². The number of rotatable bonds is 7. The molecule has 0 saturated carbocycles. The normalized spacial score (nSPS) is 18.6. The SMILES string of the molecule is CN(C)C(=O)c1nn(Cc2ccccc2)c2c1CC(NCCC1=CCCCC1)CC2. The molecule has 0 aliphatic heterocycles. The van der Waals surface area contributed by atoms with Gasteiger partial charge in [0.15, 0.2) is 5.69 Å². The zero-order chi connectivity index (χ0) is 20.9. The van der Waals surface area contributed by atoms with Crippen LogP contribution < -0.4 is 5.32 Å². The summed E-state index contributed by atoms with van der Waals surface area (Å²) < 4.78 is 2.06. The van der Waals surface area contributed by atoms with Gasteiger partial charge in [-0.1, -0.05) is 42.0 Å². The molecule has 1 heterocycles. The lowest BCUT2D eigenvalue weighted by Gasteiger charge is -2.25. The van der Waals surface area contributed by atoms with Gasteiger partial charge in [-0.2, -0.15) is 5.10 Å². The number of amides is 1. The standard InChI is InChI=1S/C25H34N4O/c1-28(2)25(30)24-22-17-21(26-16-15-19-9-5-3-6-10-19)13-14-23(22)29(27-24)18-20-11-7-4-8-12-20/h4,7-9,11-12,21,26H,3,5-6,10,13-18H2,1-2H3. The number of nitrogens with one attached hydrogen (secondary N) is 1. The van der Waals surface area contributed by atoms with Gasteiger partial charge in [-0.05, 0) is 63.5 Å². The summed E-state index contributed by atoms with van der Waals surface area (Å²) in [5.41, 5.74) is 5.84. The number of hydrogen-bond donors (Lipinski definition) is 1. The van der Waals surface area contributed by atoms with Crippen LogP contribution in [0.2, 0.25) is 0 Å². The molecular formula is C25H34N4O. The molecule has 1 unspecified atom stereocenters. The number of benzene rings is 1. The average molecular weight is 407 g/mol. The summed E-state index contributed by atoms with van der Waals surface area (Å²) in [4.78, 5) is 14.5. The van der Waals surface area contributed by atoms with Crippen molar-refractivity contribution in [2.24, 2.45) is 0 Å². The molecule has 0 bridgehead atoms. The molecule has 2 aromatic rings. The van der Waals surface area contributed by atoms with Crippen LogP contribution in [-0.2, 0) is 19.4 Å². The second-order valence-corrected chi connectivity index (χ2v) is 8.87. The Hall–Kier alpha value is -2.40. The van der Waals surface area contributed by atoms with Crippen LogP contribution in [0.25, 0.3) is 0 Å². The quantitative estimate of drug-likeness (QED) is 0.708. The van der Waals surface area contributed by atoms with Crippen LogP contribution >= 0.6 is 0 Å². The molecule has 1 amide bonds. The van der Waals surface area contributed by atoms with E-state index in [-0.39, 0.29) is 5.91 Å². The third-order valence-electron chi connectivity index (χ3n) is 6.39. The van der Waals surface area contributed by atoms with Crippen molar-refractivity contribution < 1.29 is 4.79 Å². The molecule has 0 radical (unpaired) electrons. The molecule has 0 saturated heterocycles. The zero-order valence-corrected chi connectivity index (χ0v) is 18.4. The molecule has 0 fully saturated rings. The summed E-state index contributed by atoms with van der Waals surface area (Å²) in [6.45, 7) is 1.75. The largest absolute Gasteiger partial charge is 0.343 e. The first kappa shape index (κ1) is 20.9. The maximum absolute atomic E-state index is 12.8. The fourth-order valence-corrected chi connectivity index (χ4v) is 4.70. The van der Waals surface area contributed by atoms with Gasteiger partial charge in [0.25, 0.3) is 5.91 Å². The monoisotopic (exact) mass is 406 g/mol. The Labute approximate surface area is 180 Å². The molecule has 2 aliphatic carbocycles. The first-order valence-electron chi connectivity index (χ1n) is 11.4. The fraction of sp³-hybridized carbons (Fsp3) is 0.520. The smallest absolute Gasteiger partial charge is 0.274 e. The van der Waals surface area contributed by atoms with Gasteiger partial charge in [0.2, 0.25) is 0 Å². The van der Waals surface area contributed by atoms with Crippen molar-refractivity contribution in [3.05, 3.63) is 64.5 Å². The second kappa shape index (κ2) is 9.61. The lowest BCUT2D eigenvalue weighted by Crippen LogP contribution is -2.36. The average Bonchev–Trinajstić information content (AvgIpc) is 3.12. The number of hydrogen-bond acceptors (Lipinski definition) is 3. The highest BCUT2D eigenvalue weighted by atomic mass is 16.2. The predicted octanol–water partition coefficient (Wildman–Crippen LogP) is 3.97. The minimum Gasteiger partial charge on any atom is -0.343 e. The summed E-state index contributed by atoms with van der Waals surface area (Å²) in [5, 5.41) is 8.55. The molecule has 1 aromatic carbocycles. The Bertz CT molecular complexity index is 897. The molecule has 1 aromatic heterocycles. The van der Waals surface area contributed by atoms with Crippen LogP contribution in [0.15, 0.2) is 42.0 Å². The predicted molar refractivity (Wildman–Crippen MR) is 121 cm³/mol. The highest BCUT2D eigenvalue weighted by Crippen LogP contribution is 2.27. The van der Waals surface area contributed by atoms with Crippen LogP contribution in [0.1, 0.15) is 65.8 Å². The van der Waals surface area contributed by atoms with E-state index in [2.05, 4.69) is 40.3 Å². The number of fused-ring (bicyclic) bond motifs is 1. The Balaban J connectivity index is 1.48. The third kappa shape index (κ3) is 4.84. The zero-order valence-electron chi connectivity index (χ0n) is 18.4. The molecule has 160 valence electrons. The maximum atomic E-state index is 12.8. The summed E-state index contributed by atoms with van der Waals surface area (Å²) in [5.74, 6) is 0.00562. The topological polar surface area (TPSA) is 50.2 Å². The van der Waals surface area contributed by atoms with Gasteiger partial charge in [0.1, 0.15) is 0 Å². The van der Waals surface area contributed by atoms with Gasteiger partial charge in [0, 0.05) is 31.4 Å².